The molecular weight excluding hydrogens is 534 g/mol. The number of carboxylic acid groups (broad SMARTS) is 1. The highest BCUT2D eigenvalue weighted by Crippen LogP contribution is 2.39. The highest BCUT2D eigenvalue weighted by molar-refractivity contribution is 6.37. The van der Waals surface area contributed by atoms with Gasteiger partial charge in [0.2, 0.25) is 0 Å². The summed E-state index contributed by atoms with van der Waals surface area (Å²) in [5.41, 5.74) is 4.68. The molecule has 2 amide bonds. The minimum Gasteiger partial charge on any atom is -0.478 e. The molecule has 216 valence electrons. The summed E-state index contributed by atoms with van der Waals surface area (Å²) in [6.45, 7) is 4.98. The van der Waals surface area contributed by atoms with E-state index in [9.17, 15) is 19.5 Å². The fourth-order valence-electron chi connectivity index (χ4n) is 5.98. The van der Waals surface area contributed by atoms with E-state index in [-0.39, 0.29) is 17.4 Å². The molecular formula is C32H33N5O5. The number of carbonyl (C=O) groups is 3. The molecule has 3 aromatic rings. The molecule has 0 aromatic heterocycles. The van der Waals surface area contributed by atoms with E-state index in [0.717, 1.165) is 25.2 Å². The number of rotatable bonds is 9. The van der Waals surface area contributed by atoms with Crippen LogP contribution < -0.4 is 16.0 Å². The molecule has 4 N–H and O–H groups in total. The monoisotopic (exact) mass is 567 g/mol. The summed E-state index contributed by atoms with van der Waals surface area (Å²) >= 11 is 0. The fraction of sp³-hybridized carbons (Fsp3) is 0.281. The first-order valence-corrected chi connectivity index (χ1v) is 14.0. The van der Waals surface area contributed by atoms with Crippen LogP contribution in [0.3, 0.4) is 0 Å². The summed E-state index contributed by atoms with van der Waals surface area (Å²) in [5.74, 6) is -1.63. The lowest BCUT2D eigenvalue weighted by Gasteiger charge is -2.27. The summed E-state index contributed by atoms with van der Waals surface area (Å²) < 4.78 is 0. The summed E-state index contributed by atoms with van der Waals surface area (Å²) in [6, 6.07) is 20.8. The van der Waals surface area contributed by atoms with E-state index in [0.29, 0.717) is 58.0 Å². The predicted octanol–water partition coefficient (Wildman–Crippen LogP) is 3.68. The number of anilines is 2. The van der Waals surface area contributed by atoms with E-state index >= 15 is 0 Å². The topological polar surface area (TPSA) is 123 Å². The van der Waals surface area contributed by atoms with Crippen molar-refractivity contribution in [2.45, 2.75) is 25.4 Å². The van der Waals surface area contributed by atoms with Crippen molar-refractivity contribution in [3.8, 4) is 0 Å². The number of aryl methyl sites for hydroxylation is 1. The van der Waals surface area contributed by atoms with Gasteiger partial charge in [-0.1, -0.05) is 30.3 Å². The van der Waals surface area contributed by atoms with Gasteiger partial charge in [-0.2, -0.15) is 0 Å². The molecule has 0 saturated carbocycles. The number of likely N-dealkylation sites (tertiary alicyclic amines) is 1. The second-order valence-corrected chi connectivity index (χ2v) is 10.9. The summed E-state index contributed by atoms with van der Waals surface area (Å²) in [6.07, 6.45) is 1.18. The molecule has 10 nitrogen and oxygen atoms in total. The van der Waals surface area contributed by atoms with Gasteiger partial charge in [0.1, 0.15) is 0 Å². The zero-order valence-corrected chi connectivity index (χ0v) is 23.5. The Morgan fingerprint density at radius 3 is 2.52 bits per heavy atom. The number of hydrogen-bond donors (Lipinski definition) is 4. The van der Waals surface area contributed by atoms with Gasteiger partial charge in [-0.25, -0.2) is 9.86 Å². The molecule has 3 aromatic carbocycles. The molecule has 2 saturated heterocycles. The number of aromatic carboxylic acids is 1. The van der Waals surface area contributed by atoms with Crippen LogP contribution in [-0.4, -0.2) is 78.2 Å². The van der Waals surface area contributed by atoms with Gasteiger partial charge in [0, 0.05) is 55.6 Å². The Morgan fingerprint density at radius 2 is 1.86 bits per heavy atom. The van der Waals surface area contributed by atoms with Gasteiger partial charge in [0.25, 0.3) is 11.8 Å². The van der Waals surface area contributed by atoms with Gasteiger partial charge in [-0.15, -0.1) is 0 Å². The van der Waals surface area contributed by atoms with Crippen molar-refractivity contribution in [2.75, 3.05) is 43.9 Å². The Morgan fingerprint density at radius 1 is 1.10 bits per heavy atom. The van der Waals surface area contributed by atoms with Crippen LogP contribution in [0.25, 0.3) is 11.3 Å². The van der Waals surface area contributed by atoms with Crippen molar-refractivity contribution < 1.29 is 24.3 Å². The van der Waals surface area contributed by atoms with Crippen LogP contribution in [0, 0.1) is 6.92 Å². The summed E-state index contributed by atoms with van der Waals surface area (Å²) in [7, 11) is 1.62. The zero-order chi connectivity index (χ0) is 29.4. The number of nitrogens with one attached hydrogen (secondary N) is 3. The van der Waals surface area contributed by atoms with Crippen molar-refractivity contribution in [3.05, 3.63) is 94.5 Å². The van der Waals surface area contributed by atoms with Gasteiger partial charge < -0.3 is 21.1 Å². The lowest BCUT2D eigenvalue weighted by molar-refractivity contribution is -0.111. The van der Waals surface area contributed by atoms with E-state index in [4.69, 9.17) is 4.84 Å². The van der Waals surface area contributed by atoms with E-state index < -0.39 is 5.97 Å². The van der Waals surface area contributed by atoms with Gasteiger partial charge in [0.15, 0.2) is 0 Å². The molecule has 0 spiro atoms. The van der Waals surface area contributed by atoms with Gasteiger partial charge in [-0.05, 0) is 60.9 Å². The van der Waals surface area contributed by atoms with Crippen molar-refractivity contribution in [2.24, 2.45) is 0 Å². The van der Waals surface area contributed by atoms with Gasteiger partial charge in [-0.3, -0.25) is 19.3 Å². The van der Waals surface area contributed by atoms with Gasteiger partial charge >= 0.3 is 5.97 Å². The quantitative estimate of drug-likeness (QED) is 0.228. The number of carboxylic acids is 1. The number of nitrogens with zero attached hydrogens (tertiary/aromatic N) is 2. The normalized spacial score (nSPS) is 20.3. The number of benzene rings is 3. The molecule has 10 heteroatoms. The van der Waals surface area contributed by atoms with Crippen LogP contribution in [0.15, 0.2) is 66.7 Å². The molecule has 2 fully saturated rings. The molecule has 0 unspecified atom stereocenters. The van der Waals surface area contributed by atoms with E-state index in [1.807, 2.05) is 30.3 Å². The Labute approximate surface area is 243 Å². The highest BCUT2D eigenvalue weighted by atomic mass is 16.7. The standard InChI is InChI=1S/C32H33N5O5/c1-19-14-26-27(16-25(19)32(40)41)35-30(38)28(26)29(20-6-4-3-5-7-20)34-22-10-8-21(9-11-22)31(39)36(2)42-13-12-37-18-23-15-24(37)17-33-23/h3-11,14,16,23-24,33-34H,12-13,15,17-18H2,1-2H3,(H,35,38)(H,40,41)/b29-28-/t23-,24-/m0/s1. The lowest BCUT2D eigenvalue weighted by atomic mass is 9.96. The number of hydrogen-bond acceptors (Lipinski definition) is 7. The molecule has 2 bridgehead atoms. The molecule has 0 aliphatic carbocycles. The molecule has 42 heavy (non-hydrogen) atoms. The van der Waals surface area contributed by atoms with Crippen LogP contribution >= 0.6 is 0 Å². The van der Waals surface area contributed by atoms with Crippen molar-refractivity contribution in [1.29, 1.82) is 0 Å². The van der Waals surface area contributed by atoms with Crippen molar-refractivity contribution >= 4 is 40.4 Å². The van der Waals surface area contributed by atoms with Crippen LogP contribution in [0.2, 0.25) is 0 Å². The first kappa shape index (κ1) is 27.6. The lowest BCUT2D eigenvalue weighted by Crippen LogP contribution is -2.45. The number of fused-ring (bicyclic) bond motifs is 3. The minimum absolute atomic E-state index is 0.138. The maximum absolute atomic E-state index is 13.2. The first-order valence-electron chi connectivity index (χ1n) is 14.0. The maximum atomic E-state index is 13.2. The number of amides is 2. The van der Waals surface area contributed by atoms with Crippen LogP contribution in [0.5, 0.6) is 0 Å². The van der Waals surface area contributed by atoms with E-state index in [1.165, 1.54) is 17.6 Å². The SMILES string of the molecule is Cc1cc2c(cc1C(=O)O)NC(=O)/C2=C(\Nc1ccc(C(=O)N(C)OCCN2C[C@@H]3C[C@H]2CN3)cc1)c1ccccc1. The summed E-state index contributed by atoms with van der Waals surface area (Å²) in [5, 5.41) is 20.5. The Hall–Kier alpha value is -4.51. The second kappa shape index (κ2) is 11.4. The Balaban J connectivity index is 1.20. The molecule has 6 rings (SSSR count). The smallest absolute Gasteiger partial charge is 0.336 e. The third-order valence-electron chi connectivity index (χ3n) is 8.17. The average molecular weight is 568 g/mol. The molecule has 2 atom stereocenters. The Kier molecular flexibility index (Phi) is 7.51. The summed E-state index contributed by atoms with van der Waals surface area (Å²) in [4.78, 5) is 46.0. The largest absolute Gasteiger partial charge is 0.478 e. The minimum atomic E-state index is -1.05. The van der Waals surface area contributed by atoms with E-state index in [2.05, 4.69) is 20.9 Å². The number of hydroxylamine groups is 2. The molecule has 3 aliphatic rings. The Bertz CT molecular complexity index is 1570. The third-order valence-corrected chi connectivity index (χ3v) is 8.17. The van der Waals surface area contributed by atoms with Gasteiger partial charge in [0.05, 0.1) is 29.1 Å². The average Bonchev–Trinajstić information content (AvgIpc) is 3.70. The van der Waals surface area contributed by atoms with Crippen LogP contribution in [0.4, 0.5) is 11.4 Å². The number of piperazine rings is 1. The second-order valence-electron chi connectivity index (χ2n) is 10.9. The molecule has 3 heterocycles. The molecule has 3 aliphatic heterocycles. The zero-order valence-electron chi connectivity index (χ0n) is 23.5. The van der Waals surface area contributed by atoms with E-state index in [1.54, 1.807) is 44.3 Å². The highest BCUT2D eigenvalue weighted by Gasteiger charge is 2.37. The fourth-order valence-corrected chi connectivity index (χ4v) is 5.98. The van der Waals surface area contributed by atoms with Crippen molar-refractivity contribution in [1.82, 2.24) is 15.3 Å². The third kappa shape index (κ3) is 5.39. The number of carbonyl (C=O) groups excluding carboxylic acids is 2. The van der Waals surface area contributed by atoms with Crippen LogP contribution in [-0.2, 0) is 9.63 Å². The van der Waals surface area contributed by atoms with Crippen LogP contribution in [0.1, 0.15) is 43.8 Å². The van der Waals surface area contributed by atoms with Crippen molar-refractivity contribution in [3.63, 3.8) is 0 Å². The maximum Gasteiger partial charge on any atom is 0.336 e. The molecule has 0 radical (unpaired) electrons. The predicted molar refractivity (Wildman–Crippen MR) is 160 cm³/mol. The first-order chi connectivity index (χ1) is 20.3.